The van der Waals surface area contributed by atoms with Crippen molar-refractivity contribution in [2.75, 3.05) is 12.3 Å². The highest BCUT2D eigenvalue weighted by molar-refractivity contribution is 6.32. The second-order valence-electron chi connectivity index (χ2n) is 2.01. The summed E-state index contributed by atoms with van der Waals surface area (Å²) in [6.07, 6.45) is 1.50. The number of hydrogen-bond acceptors (Lipinski definition) is 3. The number of nitrogen functional groups attached to an aromatic ring is 1. The molecule has 62 valence electrons. The van der Waals surface area contributed by atoms with Gasteiger partial charge in [-0.2, -0.15) is 0 Å². The molecule has 3 N–H and O–H groups in total. The molecular formula is C8H7ClN2O. The Balaban J connectivity index is 3.13. The summed E-state index contributed by atoms with van der Waals surface area (Å²) < 4.78 is 0. The van der Waals surface area contributed by atoms with Crippen molar-refractivity contribution in [2.45, 2.75) is 0 Å². The summed E-state index contributed by atoms with van der Waals surface area (Å²) in [7, 11) is 0. The van der Waals surface area contributed by atoms with Crippen molar-refractivity contribution in [3.8, 4) is 11.8 Å². The Kier molecular flexibility index (Phi) is 2.92. The van der Waals surface area contributed by atoms with Gasteiger partial charge in [-0.15, -0.1) is 0 Å². The molecule has 3 nitrogen and oxygen atoms in total. The molecule has 12 heavy (non-hydrogen) atoms. The number of hydrogen-bond donors (Lipinski definition) is 2. The van der Waals surface area contributed by atoms with Gasteiger partial charge in [-0.3, -0.25) is 0 Å². The molecule has 1 heterocycles. The Morgan fingerprint density at radius 3 is 3.00 bits per heavy atom. The van der Waals surface area contributed by atoms with E-state index >= 15 is 0 Å². The molecule has 1 aromatic heterocycles. The number of nitrogens with two attached hydrogens (primary N) is 1. The van der Waals surface area contributed by atoms with Gasteiger partial charge in [0.15, 0.2) is 0 Å². The van der Waals surface area contributed by atoms with Crippen LogP contribution < -0.4 is 5.73 Å². The van der Waals surface area contributed by atoms with Gasteiger partial charge in [0, 0.05) is 6.20 Å². The average Bonchev–Trinajstić information content (AvgIpc) is 2.04. The fourth-order valence-corrected chi connectivity index (χ4v) is 0.905. The lowest BCUT2D eigenvalue weighted by Crippen LogP contribution is -1.94. The second-order valence-corrected chi connectivity index (χ2v) is 2.42. The van der Waals surface area contributed by atoms with Crippen LogP contribution in [0.25, 0.3) is 0 Å². The summed E-state index contributed by atoms with van der Waals surface area (Å²) in [4.78, 5) is 3.80. The average molecular weight is 183 g/mol. The third-order valence-corrected chi connectivity index (χ3v) is 1.54. The molecule has 0 radical (unpaired) electrons. The topological polar surface area (TPSA) is 59.1 Å². The van der Waals surface area contributed by atoms with E-state index in [1.165, 1.54) is 6.20 Å². The Bertz CT molecular complexity index is 320. The number of aromatic nitrogens is 1. The van der Waals surface area contributed by atoms with Gasteiger partial charge in [0.25, 0.3) is 0 Å². The quantitative estimate of drug-likeness (QED) is 0.580. The van der Waals surface area contributed by atoms with E-state index in [1.807, 2.05) is 0 Å². The molecule has 0 aromatic carbocycles. The largest absolute Gasteiger partial charge is 0.384 e. The minimum atomic E-state index is -0.218. The van der Waals surface area contributed by atoms with Crippen LogP contribution in [0.5, 0.6) is 0 Å². The molecule has 0 fully saturated rings. The molecule has 0 bridgehead atoms. The highest BCUT2D eigenvalue weighted by atomic mass is 35.5. The summed E-state index contributed by atoms with van der Waals surface area (Å²) in [6.45, 7) is -0.218. The summed E-state index contributed by atoms with van der Waals surface area (Å²) in [5.41, 5.74) is 5.95. The van der Waals surface area contributed by atoms with Gasteiger partial charge in [-0.05, 0) is 6.07 Å². The van der Waals surface area contributed by atoms with Crippen LogP contribution in [0.2, 0.25) is 5.02 Å². The number of halogens is 1. The number of nitrogens with zero attached hydrogens (tertiary/aromatic N) is 1. The minimum absolute atomic E-state index is 0.218. The summed E-state index contributed by atoms with van der Waals surface area (Å²) in [6, 6.07) is 1.60. The van der Waals surface area contributed by atoms with Crippen molar-refractivity contribution in [3.05, 3.63) is 22.8 Å². The maximum Gasteiger partial charge on any atom is 0.140 e. The SMILES string of the molecule is Nc1nccc(Cl)c1C#CCO. The molecule has 4 heteroatoms. The molecule has 0 unspecified atom stereocenters. The maximum atomic E-state index is 8.43. The zero-order chi connectivity index (χ0) is 8.97. The molecular weight excluding hydrogens is 176 g/mol. The Hall–Kier alpha value is -1.24. The molecule has 0 atom stereocenters. The van der Waals surface area contributed by atoms with Crippen LogP contribution in [0.4, 0.5) is 5.82 Å². The summed E-state index contributed by atoms with van der Waals surface area (Å²) in [5.74, 6) is 5.34. The van der Waals surface area contributed by atoms with Gasteiger partial charge in [-0.25, -0.2) is 4.98 Å². The van der Waals surface area contributed by atoms with Crippen molar-refractivity contribution in [3.63, 3.8) is 0 Å². The van der Waals surface area contributed by atoms with Gasteiger partial charge in [0.05, 0.1) is 10.6 Å². The van der Waals surface area contributed by atoms with Gasteiger partial charge in [0.1, 0.15) is 12.4 Å². The van der Waals surface area contributed by atoms with Crippen LogP contribution in [0, 0.1) is 11.8 Å². The monoisotopic (exact) mass is 182 g/mol. The fourth-order valence-electron chi connectivity index (χ4n) is 0.705. The van der Waals surface area contributed by atoms with Gasteiger partial charge < -0.3 is 10.8 Å². The van der Waals surface area contributed by atoms with E-state index in [1.54, 1.807) is 6.07 Å². The van der Waals surface area contributed by atoms with Crippen molar-refractivity contribution in [2.24, 2.45) is 0 Å². The van der Waals surface area contributed by atoms with E-state index in [0.29, 0.717) is 10.6 Å². The van der Waals surface area contributed by atoms with Crippen LogP contribution in [0.1, 0.15) is 5.56 Å². The molecule has 1 rings (SSSR count). The predicted octanol–water partition coefficient (Wildman–Crippen LogP) is 0.661. The van der Waals surface area contributed by atoms with Crippen LogP contribution in [0.15, 0.2) is 12.3 Å². The maximum absolute atomic E-state index is 8.43. The van der Waals surface area contributed by atoms with Crippen molar-refractivity contribution in [1.82, 2.24) is 4.98 Å². The highest BCUT2D eigenvalue weighted by Gasteiger charge is 2.00. The van der Waals surface area contributed by atoms with E-state index in [4.69, 9.17) is 22.4 Å². The van der Waals surface area contributed by atoms with Crippen molar-refractivity contribution in [1.29, 1.82) is 0 Å². The van der Waals surface area contributed by atoms with E-state index in [0.717, 1.165) is 0 Å². The number of rotatable bonds is 0. The van der Waals surface area contributed by atoms with E-state index < -0.39 is 0 Å². The molecule has 0 aliphatic heterocycles. The number of aliphatic hydroxyl groups is 1. The van der Waals surface area contributed by atoms with Gasteiger partial charge in [-0.1, -0.05) is 23.4 Å². The molecule has 0 spiro atoms. The molecule has 0 aliphatic carbocycles. The zero-order valence-corrected chi connectivity index (χ0v) is 6.97. The predicted molar refractivity (Wildman–Crippen MR) is 47.6 cm³/mol. The summed E-state index contributed by atoms with van der Waals surface area (Å²) in [5, 5.41) is 8.88. The van der Waals surface area contributed by atoms with Crippen molar-refractivity contribution < 1.29 is 5.11 Å². The van der Waals surface area contributed by atoms with E-state index in [9.17, 15) is 0 Å². The highest BCUT2D eigenvalue weighted by Crippen LogP contribution is 2.17. The molecule has 0 saturated carbocycles. The second kappa shape index (κ2) is 3.96. The lowest BCUT2D eigenvalue weighted by atomic mass is 10.2. The third-order valence-electron chi connectivity index (χ3n) is 1.22. The van der Waals surface area contributed by atoms with Crippen LogP contribution in [-0.4, -0.2) is 16.7 Å². The van der Waals surface area contributed by atoms with Gasteiger partial charge >= 0.3 is 0 Å². The number of aliphatic hydroxyl groups excluding tert-OH is 1. The lowest BCUT2D eigenvalue weighted by molar-refractivity contribution is 0.350. The van der Waals surface area contributed by atoms with E-state index in [-0.39, 0.29) is 12.4 Å². The van der Waals surface area contributed by atoms with Crippen molar-refractivity contribution >= 4 is 17.4 Å². The molecule has 1 aromatic rings. The van der Waals surface area contributed by atoms with Crippen LogP contribution in [0.3, 0.4) is 0 Å². The number of anilines is 1. The first kappa shape index (κ1) is 8.85. The minimum Gasteiger partial charge on any atom is -0.384 e. The lowest BCUT2D eigenvalue weighted by Gasteiger charge is -1.97. The fraction of sp³-hybridized carbons (Fsp3) is 0.125. The smallest absolute Gasteiger partial charge is 0.140 e. The first-order valence-corrected chi connectivity index (χ1v) is 3.63. The summed E-state index contributed by atoms with van der Waals surface area (Å²) >= 11 is 5.76. The Morgan fingerprint density at radius 1 is 1.67 bits per heavy atom. The molecule has 0 saturated heterocycles. The zero-order valence-electron chi connectivity index (χ0n) is 6.21. The molecule has 0 amide bonds. The first-order chi connectivity index (χ1) is 5.75. The Morgan fingerprint density at radius 2 is 2.42 bits per heavy atom. The first-order valence-electron chi connectivity index (χ1n) is 3.25. The van der Waals surface area contributed by atoms with Crippen LogP contribution >= 0.6 is 11.6 Å². The third kappa shape index (κ3) is 1.88. The number of pyridine rings is 1. The standard InChI is InChI=1S/C8H7ClN2O/c9-7-3-4-11-8(10)6(7)2-1-5-12/h3-4,12H,5H2,(H2,10,11). The van der Waals surface area contributed by atoms with Gasteiger partial charge in [0.2, 0.25) is 0 Å². The van der Waals surface area contributed by atoms with E-state index in [2.05, 4.69) is 16.8 Å². The molecule has 0 aliphatic rings. The van der Waals surface area contributed by atoms with Crippen LogP contribution in [-0.2, 0) is 0 Å². The normalized spacial score (nSPS) is 8.83. The Labute approximate surface area is 75.2 Å².